The Balaban J connectivity index is 1.81. The van der Waals surface area contributed by atoms with Gasteiger partial charge in [-0.25, -0.2) is 4.98 Å². The molecular formula is C26H36N4O2. The van der Waals surface area contributed by atoms with E-state index in [1.54, 1.807) is 17.0 Å². The van der Waals surface area contributed by atoms with Crippen molar-refractivity contribution >= 4 is 16.9 Å². The third kappa shape index (κ3) is 7.91. The zero-order chi connectivity index (χ0) is 23.7. The number of hydrogen-bond acceptors (Lipinski definition) is 4. The first-order chi connectivity index (χ1) is 15.2. The van der Waals surface area contributed by atoms with Gasteiger partial charge in [-0.05, 0) is 66.4 Å². The monoisotopic (exact) mass is 436 g/mol. The van der Waals surface area contributed by atoms with E-state index < -0.39 is 0 Å². The Kier molecular flexibility index (Phi) is 9.57. The normalized spacial score (nSPS) is 13.0. The van der Waals surface area contributed by atoms with Crippen LogP contribution in [0.2, 0.25) is 0 Å². The molecule has 6 nitrogen and oxygen atoms in total. The highest BCUT2D eigenvalue weighted by Gasteiger charge is 2.08. The lowest BCUT2D eigenvalue weighted by Gasteiger charge is -2.04. The molecule has 0 atom stereocenters. The van der Waals surface area contributed by atoms with Gasteiger partial charge in [-0.15, -0.1) is 0 Å². The molecule has 0 fully saturated rings. The van der Waals surface area contributed by atoms with Crippen LogP contribution in [0, 0.1) is 0 Å². The number of rotatable bonds is 11. The molecule has 0 aliphatic rings. The molecule has 6 heteroatoms. The summed E-state index contributed by atoms with van der Waals surface area (Å²) in [6.45, 7) is 10.8. The van der Waals surface area contributed by atoms with E-state index in [9.17, 15) is 9.59 Å². The van der Waals surface area contributed by atoms with Crippen molar-refractivity contribution in [2.75, 3.05) is 0 Å². The van der Waals surface area contributed by atoms with Gasteiger partial charge in [0.1, 0.15) is 6.33 Å². The SMILES string of the molecule is CC(C)=CC(=O)C/C(C)=C/CC/C(C)=C/CC/C(C)=C/Cn1cnc2c1c(=O)ncn2C. The summed E-state index contributed by atoms with van der Waals surface area (Å²) in [7, 11) is 1.84. The number of fused-ring (bicyclic) bond motifs is 1. The number of nitrogens with zero attached hydrogens (tertiary/aromatic N) is 4. The van der Waals surface area contributed by atoms with Crippen LogP contribution in [0.5, 0.6) is 0 Å². The Bertz CT molecular complexity index is 1120. The third-order valence-corrected chi connectivity index (χ3v) is 5.31. The lowest BCUT2D eigenvalue weighted by Crippen LogP contribution is -2.13. The highest BCUT2D eigenvalue weighted by Crippen LogP contribution is 2.13. The summed E-state index contributed by atoms with van der Waals surface area (Å²) in [5, 5.41) is 0. The lowest BCUT2D eigenvalue weighted by atomic mass is 10.0. The summed E-state index contributed by atoms with van der Waals surface area (Å²) >= 11 is 0. The fourth-order valence-electron chi connectivity index (χ4n) is 3.51. The van der Waals surface area contributed by atoms with Crippen LogP contribution in [0.1, 0.15) is 66.7 Å². The Morgan fingerprint density at radius 1 is 0.906 bits per heavy atom. The molecule has 2 heterocycles. The second kappa shape index (κ2) is 12.1. The molecule has 0 aliphatic carbocycles. The summed E-state index contributed by atoms with van der Waals surface area (Å²) in [6.07, 6.45) is 16.0. The smallest absolute Gasteiger partial charge is 0.298 e. The highest BCUT2D eigenvalue weighted by atomic mass is 16.1. The van der Waals surface area contributed by atoms with Crippen molar-refractivity contribution in [2.24, 2.45) is 7.05 Å². The average Bonchev–Trinajstić information content (AvgIpc) is 3.14. The Labute approximate surface area is 191 Å². The number of ketones is 1. The number of aromatic nitrogens is 4. The van der Waals surface area contributed by atoms with Crippen LogP contribution >= 0.6 is 0 Å². The van der Waals surface area contributed by atoms with Gasteiger partial charge in [0.15, 0.2) is 16.9 Å². The molecule has 0 radical (unpaired) electrons. The number of imidazole rings is 1. The van der Waals surface area contributed by atoms with Crippen molar-refractivity contribution < 1.29 is 4.79 Å². The van der Waals surface area contributed by atoms with E-state index in [-0.39, 0.29) is 11.3 Å². The number of carbonyl (C=O) groups excluding carboxylic acids is 1. The Morgan fingerprint density at radius 3 is 2.19 bits per heavy atom. The molecule has 32 heavy (non-hydrogen) atoms. The van der Waals surface area contributed by atoms with E-state index in [1.807, 2.05) is 32.4 Å². The summed E-state index contributed by atoms with van der Waals surface area (Å²) in [6, 6.07) is 0. The molecule has 2 aromatic rings. The number of carbonyl (C=O) groups is 1. The predicted molar refractivity (Wildman–Crippen MR) is 132 cm³/mol. The largest absolute Gasteiger partial charge is 0.321 e. The van der Waals surface area contributed by atoms with Gasteiger partial charge >= 0.3 is 0 Å². The third-order valence-electron chi connectivity index (χ3n) is 5.31. The maximum atomic E-state index is 12.1. The molecule has 0 aromatic carbocycles. The van der Waals surface area contributed by atoms with Crippen LogP contribution < -0.4 is 5.56 Å². The molecule has 172 valence electrons. The van der Waals surface area contributed by atoms with Crippen molar-refractivity contribution in [3.63, 3.8) is 0 Å². The Hall–Kier alpha value is -3.02. The fraction of sp³-hybridized carbons (Fsp3) is 0.462. The minimum absolute atomic E-state index is 0.175. The first kappa shape index (κ1) is 25.2. The minimum atomic E-state index is -0.245. The molecule has 0 bridgehead atoms. The van der Waals surface area contributed by atoms with E-state index in [4.69, 9.17) is 0 Å². The first-order valence-corrected chi connectivity index (χ1v) is 11.2. The minimum Gasteiger partial charge on any atom is -0.321 e. The zero-order valence-corrected chi connectivity index (χ0v) is 20.3. The molecule has 0 aliphatic heterocycles. The maximum absolute atomic E-state index is 12.1. The molecule has 2 rings (SSSR count). The van der Waals surface area contributed by atoms with Gasteiger partial charge in [-0.2, -0.15) is 4.98 Å². The molecule has 0 saturated heterocycles. The van der Waals surface area contributed by atoms with Crippen molar-refractivity contribution in [1.82, 2.24) is 19.1 Å². The molecule has 0 saturated carbocycles. The number of hydrogen-bond donors (Lipinski definition) is 0. The van der Waals surface area contributed by atoms with Crippen molar-refractivity contribution in [2.45, 2.75) is 73.3 Å². The molecule has 0 N–H and O–H groups in total. The van der Waals surface area contributed by atoms with Gasteiger partial charge in [0.25, 0.3) is 5.56 Å². The van der Waals surface area contributed by atoms with Gasteiger partial charge in [0, 0.05) is 20.0 Å². The van der Waals surface area contributed by atoms with Gasteiger partial charge in [-0.1, -0.05) is 40.5 Å². The summed E-state index contributed by atoms with van der Waals surface area (Å²) in [5.41, 5.74) is 5.78. The lowest BCUT2D eigenvalue weighted by molar-refractivity contribution is -0.114. The first-order valence-electron chi connectivity index (χ1n) is 11.2. The summed E-state index contributed by atoms with van der Waals surface area (Å²) in [5.74, 6) is 0.175. The van der Waals surface area contributed by atoms with Crippen LogP contribution in [0.4, 0.5) is 0 Å². The second-order valence-electron chi connectivity index (χ2n) is 8.82. The molecule has 2 aromatic heterocycles. The maximum Gasteiger partial charge on any atom is 0.298 e. The quantitative estimate of drug-likeness (QED) is 0.347. The van der Waals surface area contributed by atoms with Crippen LogP contribution in [0.15, 0.2) is 64.0 Å². The highest BCUT2D eigenvalue weighted by molar-refractivity contribution is 5.91. The van der Waals surface area contributed by atoms with Crippen molar-refractivity contribution in [3.05, 3.63) is 69.6 Å². The van der Waals surface area contributed by atoms with E-state index in [0.29, 0.717) is 24.1 Å². The van der Waals surface area contributed by atoms with E-state index in [0.717, 1.165) is 36.8 Å². The predicted octanol–water partition coefficient (Wildman–Crippen LogP) is 5.45. The van der Waals surface area contributed by atoms with Crippen LogP contribution in [-0.2, 0) is 18.4 Å². The zero-order valence-electron chi connectivity index (χ0n) is 20.3. The molecule has 0 amide bonds. The Morgan fingerprint density at radius 2 is 1.53 bits per heavy atom. The second-order valence-corrected chi connectivity index (χ2v) is 8.82. The number of allylic oxidation sites excluding steroid dienone is 8. The molecular weight excluding hydrogens is 400 g/mol. The van der Waals surface area contributed by atoms with E-state index in [1.165, 1.54) is 17.5 Å². The molecule has 0 unspecified atom stereocenters. The summed E-state index contributed by atoms with van der Waals surface area (Å²) < 4.78 is 3.61. The standard InChI is InChI=1S/C26H36N4O2/c1-19(2)15-23(31)16-22(5)12-8-10-20(3)9-7-11-21(4)13-14-30-18-27-25-24(30)26(32)28-17-29(25)6/h9,12-13,15,17-18H,7-8,10-11,14,16H2,1-6H3/b20-9+,21-13+,22-12+. The van der Waals surface area contributed by atoms with Crippen molar-refractivity contribution in [1.29, 1.82) is 0 Å². The van der Waals surface area contributed by atoms with Crippen LogP contribution in [0.25, 0.3) is 11.2 Å². The molecule has 0 spiro atoms. The fourth-order valence-corrected chi connectivity index (χ4v) is 3.51. The van der Waals surface area contributed by atoms with Gasteiger partial charge < -0.3 is 9.13 Å². The average molecular weight is 437 g/mol. The van der Waals surface area contributed by atoms with Crippen LogP contribution in [0.3, 0.4) is 0 Å². The topological polar surface area (TPSA) is 69.8 Å². The van der Waals surface area contributed by atoms with Crippen LogP contribution in [-0.4, -0.2) is 24.9 Å². The van der Waals surface area contributed by atoms with Gasteiger partial charge in [0.05, 0.1) is 6.33 Å². The van der Waals surface area contributed by atoms with E-state index >= 15 is 0 Å². The van der Waals surface area contributed by atoms with E-state index in [2.05, 4.69) is 42.0 Å². The van der Waals surface area contributed by atoms with Crippen molar-refractivity contribution in [3.8, 4) is 0 Å². The number of aryl methyl sites for hydroxylation is 1. The summed E-state index contributed by atoms with van der Waals surface area (Å²) in [4.78, 5) is 32.1. The van der Waals surface area contributed by atoms with Gasteiger partial charge in [-0.3, -0.25) is 9.59 Å². The van der Waals surface area contributed by atoms with Gasteiger partial charge in [0.2, 0.25) is 0 Å².